The second-order valence-electron chi connectivity index (χ2n) is 4.56. The van der Waals surface area contributed by atoms with Crippen LogP contribution >= 0.6 is 0 Å². The molecule has 1 aliphatic heterocycles. The molecule has 2 rings (SSSR count). The average molecular weight is 204 g/mol. The molecule has 0 aliphatic carbocycles. The number of rotatable bonds is 4. The third-order valence-corrected chi connectivity index (χ3v) is 3.31. The minimum atomic E-state index is 0.336. The van der Waals surface area contributed by atoms with Gasteiger partial charge in [-0.15, -0.1) is 0 Å². The Kier molecular flexibility index (Phi) is 3.37. The smallest absolute Gasteiger partial charge is 0.0421 e. The van der Waals surface area contributed by atoms with Gasteiger partial charge in [0, 0.05) is 23.9 Å². The van der Waals surface area contributed by atoms with Gasteiger partial charge in [-0.2, -0.15) is 0 Å². The lowest BCUT2D eigenvalue weighted by molar-refractivity contribution is 0.339. The molecule has 1 aliphatic rings. The van der Waals surface area contributed by atoms with E-state index in [0.717, 1.165) is 6.42 Å². The van der Waals surface area contributed by atoms with Crippen LogP contribution in [0.25, 0.3) is 0 Å². The van der Waals surface area contributed by atoms with Gasteiger partial charge >= 0.3 is 0 Å². The van der Waals surface area contributed by atoms with Gasteiger partial charge in [-0.3, -0.25) is 4.98 Å². The Morgan fingerprint density at radius 1 is 1.47 bits per heavy atom. The fourth-order valence-corrected chi connectivity index (χ4v) is 2.65. The second-order valence-corrected chi connectivity index (χ2v) is 4.56. The summed E-state index contributed by atoms with van der Waals surface area (Å²) in [5.74, 6) is 0. The van der Waals surface area contributed by atoms with Crippen LogP contribution in [0.1, 0.15) is 38.3 Å². The number of nitrogens with one attached hydrogen (secondary N) is 1. The molecule has 15 heavy (non-hydrogen) atoms. The van der Waals surface area contributed by atoms with Crippen LogP contribution in [-0.4, -0.2) is 17.1 Å². The highest BCUT2D eigenvalue weighted by Gasteiger charge is 2.32. The Bertz CT molecular complexity index is 289. The molecular weight excluding hydrogens is 184 g/mol. The molecule has 1 aromatic heterocycles. The Hall–Kier alpha value is -0.890. The van der Waals surface area contributed by atoms with Gasteiger partial charge in [0.1, 0.15) is 0 Å². The molecule has 1 aromatic rings. The number of hydrogen-bond acceptors (Lipinski definition) is 2. The highest BCUT2D eigenvalue weighted by Crippen LogP contribution is 2.27. The third kappa shape index (κ3) is 2.57. The van der Waals surface area contributed by atoms with E-state index >= 15 is 0 Å². The van der Waals surface area contributed by atoms with Crippen LogP contribution in [-0.2, 0) is 6.42 Å². The molecule has 0 radical (unpaired) electrons. The number of pyridine rings is 1. The van der Waals surface area contributed by atoms with E-state index in [0.29, 0.717) is 5.54 Å². The molecule has 0 bridgehead atoms. The van der Waals surface area contributed by atoms with E-state index in [2.05, 4.69) is 29.4 Å². The fourth-order valence-electron chi connectivity index (χ4n) is 2.65. The Labute approximate surface area is 92.1 Å². The van der Waals surface area contributed by atoms with Crippen molar-refractivity contribution in [1.82, 2.24) is 10.3 Å². The molecule has 82 valence electrons. The van der Waals surface area contributed by atoms with Crippen LogP contribution in [0.5, 0.6) is 0 Å². The monoisotopic (exact) mass is 204 g/mol. The molecule has 2 heterocycles. The van der Waals surface area contributed by atoms with Crippen LogP contribution in [0.3, 0.4) is 0 Å². The quantitative estimate of drug-likeness (QED) is 0.815. The summed E-state index contributed by atoms with van der Waals surface area (Å²) in [7, 11) is 0. The third-order valence-electron chi connectivity index (χ3n) is 3.31. The zero-order chi connectivity index (χ0) is 10.6. The van der Waals surface area contributed by atoms with E-state index in [1.165, 1.54) is 37.9 Å². The minimum Gasteiger partial charge on any atom is -0.311 e. The largest absolute Gasteiger partial charge is 0.311 e. The lowest BCUT2D eigenvalue weighted by Crippen LogP contribution is -2.41. The maximum atomic E-state index is 4.43. The molecule has 1 atom stereocenters. The van der Waals surface area contributed by atoms with Gasteiger partial charge in [0.25, 0.3) is 0 Å². The van der Waals surface area contributed by atoms with Crippen molar-refractivity contribution in [2.24, 2.45) is 0 Å². The molecule has 1 N–H and O–H groups in total. The molecular formula is C13H20N2. The molecule has 0 spiro atoms. The van der Waals surface area contributed by atoms with Crippen LogP contribution in [0, 0.1) is 0 Å². The Morgan fingerprint density at radius 3 is 3.00 bits per heavy atom. The van der Waals surface area contributed by atoms with E-state index in [4.69, 9.17) is 0 Å². The summed E-state index contributed by atoms with van der Waals surface area (Å²) >= 11 is 0. The molecule has 0 saturated carbocycles. The first-order valence-corrected chi connectivity index (χ1v) is 6.00. The first-order valence-electron chi connectivity index (χ1n) is 6.00. The van der Waals surface area contributed by atoms with Crippen LogP contribution in [0.2, 0.25) is 0 Å². The van der Waals surface area contributed by atoms with Crippen LogP contribution < -0.4 is 5.32 Å². The van der Waals surface area contributed by atoms with Gasteiger partial charge in [-0.25, -0.2) is 0 Å². The van der Waals surface area contributed by atoms with Crippen LogP contribution in [0.4, 0.5) is 0 Å². The van der Waals surface area contributed by atoms with Crippen LogP contribution in [0.15, 0.2) is 24.4 Å². The summed E-state index contributed by atoms with van der Waals surface area (Å²) in [5, 5.41) is 3.68. The number of hydrogen-bond donors (Lipinski definition) is 1. The summed E-state index contributed by atoms with van der Waals surface area (Å²) in [4.78, 5) is 4.43. The van der Waals surface area contributed by atoms with Crippen molar-refractivity contribution in [3.05, 3.63) is 30.1 Å². The molecule has 1 unspecified atom stereocenters. The van der Waals surface area contributed by atoms with E-state index in [-0.39, 0.29) is 0 Å². The van der Waals surface area contributed by atoms with Crippen molar-refractivity contribution < 1.29 is 0 Å². The molecule has 1 fully saturated rings. The van der Waals surface area contributed by atoms with Crippen molar-refractivity contribution >= 4 is 0 Å². The average Bonchev–Trinajstić information content (AvgIpc) is 2.69. The van der Waals surface area contributed by atoms with E-state index < -0.39 is 0 Å². The highest BCUT2D eigenvalue weighted by atomic mass is 15.0. The van der Waals surface area contributed by atoms with Gasteiger partial charge in [0.15, 0.2) is 0 Å². The topological polar surface area (TPSA) is 24.9 Å². The maximum Gasteiger partial charge on any atom is 0.0421 e. The predicted octanol–water partition coefficient (Wildman–Crippen LogP) is 2.55. The van der Waals surface area contributed by atoms with Gasteiger partial charge in [0.05, 0.1) is 0 Å². The van der Waals surface area contributed by atoms with Crippen molar-refractivity contribution in [3.8, 4) is 0 Å². The lowest BCUT2D eigenvalue weighted by atomic mass is 9.87. The molecule has 0 amide bonds. The predicted molar refractivity (Wildman–Crippen MR) is 62.8 cm³/mol. The second kappa shape index (κ2) is 4.75. The van der Waals surface area contributed by atoms with Gasteiger partial charge < -0.3 is 5.32 Å². The molecule has 0 aromatic carbocycles. The summed E-state index contributed by atoms with van der Waals surface area (Å²) in [6.45, 7) is 3.44. The number of aromatic nitrogens is 1. The Morgan fingerprint density at radius 2 is 2.40 bits per heavy atom. The van der Waals surface area contributed by atoms with Crippen molar-refractivity contribution in [3.63, 3.8) is 0 Å². The zero-order valence-electron chi connectivity index (χ0n) is 9.50. The van der Waals surface area contributed by atoms with Gasteiger partial charge in [-0.1, -0.05) is 19.4 Å². The summed E-state index contributed by atoms with van der Waals surface area (Å²) < 4.78 is 0. The van der Waals surface area contributed by atoms with Crippen molar-refractivity contribution in [2.45, 2.75) is 44.6 Å². The minimum absolute atomic E-state index is 0.336. The molecule has 2 heteroatoms. The highest BCUT2D eigenvalue weighted by molar-refractivity contribution is 5.10. The van der Waals surface area contributed by atoms with E-state index in [1.807, 2.05) is 12.3 Å². The fraction of sp³-hybridized carbons (Fsp3) is 0.615. The van der Waals surface area contributed by atoms with E-state index in [9.17, 15) is 0 Å². The van der Waals surface area contributed by atoms with Crippen molar-refractivity contribution in [2.75, 3.05) is 6.54 Å². The van der Waals surface area contributed by atoms with Crippen molar-refractivity contribution in [1.29, 1.82) is 0 Å². The summed E-state index contributed by atoms with van der Waals surface area (Å²) in [6, 6.07) is 6.20. The lowest BCUT2D eigenvalue weighted by Gasteiger charge is -2.29. The standard InChI is InChI=1S/C13H20N2/c1-2-7-13(8-5-10-15-13)11-12-6-3-4-9-14-12/h3-4,6,9,15H,2,5,7-8,10-11H2,1H3. The molecule has 2 nitrogen and oxygen atoms in total. The molecule has 1 saturated heterocycles. The number of nitrogens with zero attached hydrogens (tertiary/aromatic N) is 1. The first-order chi connectivity index (χ1) is 7.35. The zero-order valence-corrected chi connectivity index (χ0v) is 9.50. The van der Waals surface area contributed by atoms with E-state index in [1.54, 1.807) is 0 Å². The summed E-state index contributed by atoms with van der Waals surface area (Å²) in [5.41, 5.74) is 1.56. The SMILES string of the molecule is CCCC1(Cc2ccccn2)CCCN1. The van der Waals surface area contributed by atoms with Gasteiger partial charge in [0.2, 0.25) is 0 Å². The Balaban J connectivity index is 2.07. The van der Waals surface area contributed by atoms with Gasteiger partial charge in [-0.05, 0) is 37.9 Å². The first kappa shape index (κ1) is 10.6. The maximum absolute atomic E-state index is 4.43. The summed E-state index contributed by atoms with van der Waals surface area (Å²) in [6.07, 6.45) is 8.11. The normalized spacial score (nSPS) is 25.7.